The predicted molar refractivity (Wildman–Crippen MR) is 69.7 cm³/mol. The Morgan fingerprint density at radius 1 is 1.06 bits per heavy atom. The van der Waals surface area contributed by atoms with Crippen LogP contribution in [0, 0.1) is 11.8 Å². The Morgan fingerprint density at radius 3 is 2.41 bits per heavy atom. The Hall–Kier alpha value is -1.08. The van der Waals surface area contributed by atoms with Gasteiger partial charge in [0.25, 0.3) is 0 Å². The van der Waals surface area contributed by atoms with E-state index in [1.54, 1.807) is 0 Å². The summed E-state index contributed by atoms with van der Waals surface area (Å²) in [6.45, 7) is 4.36. The fraction of sp³-hybridized carbons (Fsp3) is 0.500. The maximum absolute atomic E-state index is 6.37. The zero-order chi connectivity index (χ0) is 11.9. The van der Waals surface area contributed by atoms with Gasteiger partial charge in [-0.25, -0.2) is 0 Å². The first kappa shape index (κ1) is 11.0. The van der Waals surface area contributed by atoms with E-state index in [1.165, 1.54) is 18.4 Å². The van der Waals surface area contributed by atoms with Crippen molar-refractivity contribution < 1.29 is 4.74 Å². The van der Waals surface area contributed by atoms with Crippen LogP contribution >= 0.6 is 0 Å². The highest BCUT2D eigenvalue weighted by Gasteiger charge is 2.39. The van der Waals surface area contributed by atoms with Gasteiger partial charge in [0.05, 0.1) is 11.7 Å². The second-order valence-corrected chi connectivity index (χ2v) is 5.81. The van der Waals surface area contributed by atoms with E-state index in [2.05, 4.69) is 56.3 Å². The van der Waals surface area contributed by atoms with E-state index in [-0.39, 0.29) is 5.60 Å². The van der Waals surface area contributed by atoms with Gasteiger partial charge in [0.2, 0.25) is 0 Å². The molecular formula is C16H20O. The summed E-state index contributed by atoms with van der Waals surface area (Å²) in [5.74, 6) is 1.43. The molecule has 3 atom stereocenters. The van der Waals surface area contributed by atoms with Crippen molar-refractivity contribution >= 4 is 0 Å². The van der Waals surface area contributed by atoms with E-state index in [9.17, 15) is 0 Å². The first-order valence-electron chi connectivity index (χ1n) is 6.57. The third-order valence-corrected chi connectivity index (χ3v) is 4.13. The third-order valence-electron chi connectivity index (χ3n) is 4.13. The molecule has 17 heavy (non-hydrogen) atoms. The van der Waals surface area contributed by atoms with Crippen LogP contribution in [0.3, 0.4) is 0 Å². The minimum atomic E-state index is -0.176. The molecule has 0 spiro atoms. The van der Waals surface area contributed by atoms with E-state index >= 15 is 0 Å². The van der Waals surface area contributed by atoms with Gasteiger partial charge >= 0.3 is 0 Å². The molecule has 2 bridgehead atoms. The first-order chi connectivity index (χ1) is 8.15. The van der Waals surface area contributed by atoms with E-state index in [0.29, 0.717) is 12.0 Å². The fourth-order valence-electron chi connectivity index (χ4n) is 3.15. The summed E-state index contributed by atoms with van der Waals surface area (Å²) < 4.78 is 6.37. The maximum atomic E-state index is 6.37. The minimum absolute atomic E-state index is 0.176. The number of allylic oxidation sites excluding steroid dienone is 1. The molecule has 0 aromatic heterocycles. The highest BCUT2D eigenvalue weighted by molar-refractivity contribution is 5.21. The Kier molecular flexibility index (Phi) is 2.59. The summed E-state index contributed by atoms with van der Waals surface area (Å²) >= 11 is 0. The third kappa shape index (κ3) is 2.04. The van der Waals surface area contributed by atoms with Crippen LogP contribution in [0.5, 0.6) is 0 Å². The van der Waals surface area contributed by atoms with E-state index in [0.717, 1.165) is 5.92 Å². The highest BCUT2D eigenvalue weighted by atomic mass is 16.5. The van der Waals surface area contributed by atoms with Crippen LogP contribution in [0.25, 0.3) is 0 Å². The van der Waals surface area contributed by atoms with Crippen molar-refractivity contribution in [1.82, 2.24) is 0 Å². The molecule has 1 saturated carbocycles. The van der Waals surface area contributed by atoms with Gasteiger partial charge in [0, 0.05) is 5.92 Å². The lowest BCUT2D eigenvalue weighted by Crippen LogP contribution is -2.30. The number of ether oxygens (including phenoxy) is 1. The molecule has 0 saturated heterocycles. The molecule has 1 fully saturated rings. The average molecular weight is 228 g/mol. The van der Waals surface area contributed by atoms with Crippen LogP contribution in [0.15, 0.2) is 42.5 Å². The summed E-state index contributed by atoms with van der Waals surface area (Å²) in [5, 5.41) is 0. The molecule has 0 aliphatic heterocycles. The van der Waals surface area contributed by atoms with Gasteiger partial charge in [-0.15, -0.1) is 0 Å². The molecule has 2 aliphatic rings. The second-order valence-electron chi connectivity index (χ2n) is 5.81. The summed E-state index contributed by atoms with van der Waals surface area (Å²) in [5.41, 5.74) is 1.09. The first-order valence-corrected chi connectivity index (χ1v) is 6.57. The predicted octanol–water partition coefficient (Wildman–Crippen LogP) is 3.90. The van der Waals surface area contributed by atoms with Crippen molar-refractivity contribution in [2.45, 2.75) is 38.4 Å². The van der Waals surface area contributed by atoms with Crippen LogP contribution in [0.4, 0.5) is 0 Å². The van der Waals surface area contributed by atoms with Gasteiger partial charge in [-0.1, -0.05) is 42.5 Å². The van der Waals surface area contributed by atoms with Gasteiger partial charge in [0.1, 0.15) is 0 Å². The second kappa shape index (κ2) is 3.99. The Morgan fingerprint density at radius 2 is 1.82 bits per heavy atom. The molecule has 90 valence electrons. The Bertz CT molecular complexity index is 418. The zero-order valence-electron chi connectivity index (χ0n) is 10.6. The summed E-state index contributed by atoms with van der Waals surface area (Å²) in [4.78, 5) is 0. The van der Waals surface area contributed by atoms with Crippen molar-refractivity contribution in [3.05, 3.63) is 48.0 Å². The Labute approximate surface area is 103 Å². The van der Waals surface area contributed by atoms with Crippen molar-refractivity contribution in [1.29, 1.82) is 0 Å². The Balaban J connectivity index is 1.74. The number of hydrogen-bond acceptors (Lipinski definition) is 1. The number of benzene rings is 1. The smallest absolute Gasteiger partial charge is 0.0879 e. The fourth-order valence-corrected chi connectivity index (χ4v) is 3.15. The van der Waals surface area contributed by atoms with Crippen LogP contribution < -0.4 is 0 Å². The monoisotopic (exact) mass is 228 g/mol. The molecule has 0 amide bonds. The number of rotatable bonds is 3. The van der Waals surface area contributed by atoms with Gasteiger partial charge < -0.3 is 4.74 Å². The van der Waals surface area contributed by atoms with Gasteiger partial charge in [-0.3, -0.25) is 0 Å². The largest absolute Gasteiger partial charge is 0.367 e. The van der Waals surface area contributed by atoms with Crippen molar-refractivity contribution in [2.75, 3.05) is 0 Å². The molecule has 0 N–H and O–H groups in total. The van der Waals surface area contributed by atoms with Crippen LogP contribution in [0.2, 0.25) is 0 Å². The lowest BCUT2D eigenvalue weighted by molar-refractivity contribution is -0.0859. The molecule has 0 heterocycles. The molecule has 0 radical (unpaired) electrons. The van der Waals surface area contributed by atoms with Gasteiger partial charge in [-0.2, -0.15) is 0 Å². The number of hydrogen-bond donors (Lipinski definition) is 0. The van der Waals surface area contributed by atoms with Gasteiger partial charge in [0.15, 0.2) is 0 Å². The maximum Gasteiger partial charge on any atom is 0.0879 e. The topological polar surface area (TPSA) is 9.23 Å². The van der Waals surface area contributed by atoms with Crippen LogP contribution in [0.1, 0.15) is 32.3 Å². The molecule has 1 aromatic carbocycles. The number of fused-ring (bicyclic) bond motifs is 2. The SMILES string of the molecule is CC(C)(OC1CC2C=CC1C2)c1ccccc1. The van der Waals surface area contributed by atoms with Gasteiger partial charge in [-0.05, 0) is 38.2 Å². The quantitative estimate of drug-likeness (QED) is 0.713. The van der Waals surface area contributed by atoms with Crippen LogP contribution in [-0.2, 0) is 10.3 Å². The molecule has 3 rings (SSSR count). The summed E-state index contributed by atoms with van der Waals surface area (Å²) in [6.07, 6.45) is 7.63. The molecule has 1 aromatic rings. The molecule has 1 heteroatoms. The van der Waals surface area contributed by atoms with Crippen LogP contribution in [-0.4, -0.2) is 6.10 Å². The average Bonchev–Trinajstić information content (AvgIpc) is 2.91. The summed E-state index contributed by atoms with van der Waals surface area (Å²) in [7, 11) is 0. The lowest BCUT2D eigenvalue weighted by atomic mass is 9.96. The molecule has 3 unspecified atom stereocenters. The minimum Gasteiger partial charge on any atom is -0.367 e. The highest BCUT2D eigenvalue weighted by Crippen LogP contribution is 2.43. The molecule has 1 nitrogen and oxygen atoms in total. The van der Waals surface area contributed by atoms with Crippen molar-refractivity contribution in [2.24, 2.45) is 11.8 Å². The van der Waals surface area contributed by atoms with E-state index in [4.69, 9.17) is 4.74 Å². The standard InChI is InChI=1S/C16H20O/c1-16(2,14-6-4-3-5-7-14)17-15-11-12-8-9-13(15)10-12/h3-9,12-13,15H,10-11H2,1-2H3. The molecule has 2 aliphatic carbocycles. The van der Waals surface area contributed by atoms with E-state index < -0.39 is 0 Å². The normalized spacial score (nSPS) is 31.1. The summed E-state index contributed by atoms with van der Waals surface area (Å²) in [6, 6.07) is 10.5. The lowest BCUT2D eigenvalue weighted by Gasteiger charge is -2.32. The van der Waals surface area contributed by atoms with Crippen molar-refractivity contribution in [3.63, 3.8) is 0 Å². The molecular weight excluding hydrogens is 208 g/mol. The zero-order valence-corrected chi connectivity index (χ0v) is 10.6. The van der Waals surface area contributed by atoms with E-state index in [1.807, 2.05) is 0 Å². The van der Waals surface area contributed by atoms with Crippen molar-refractivity contribution in [3.8, 4) is 0 Å².